The maximum atomic E-state index is 12.9. The third kappa shape index (κ3) is 3.86. The average molecular weight is 425 g/mol. The number of imidazole rings is 1. The fourth-order valence-electron chi connectivity index (χ4n) is 3.23. The van der Waals surface area contributed by atoms with Crippen LogP contribution in [-0.2, 0) is 0 Å². The molecule has 0 N–H and O–H groups in total. The fraction of sp³-hybridized carbons (Fsp3) is 0.190. The molecule has 6 nitrogen and oxygen atoms in total. The second-order valence-electron chi connectivity index (χ2n) is 6.43. The zero-order valence-electron chi connectivity index (χ0n) is 16.3. The largest absolute Gasteiger partial charge is 0.497 e. The van der Waals surface area contributed by atoms with Crippen LogP contribution in [0.25, 0.3) is 10.8 Å². The zero-order valence-corrected chi connectivity index (χ0v) is 18.0. The summed E-state index contributed by atoms with van der Waals surface area (Å²) in [5.74, 6) is 1.16. The molecule has 3 aromatic heterocycles. The number of carbonyl (C=O) groups is 1. The van der Waals surface area contributed by atoms with Crippen LogP contribution in [0.4, 0.5) is 0 Å². The molecule has 148 valence electrons. The summed E-state index contributed by atoms with van der Waals surface area (Å²) in [5.41, 5.74) is 3.59. The van der Waals surface area contributed by atoms with E-state index in [0.29, 0.717) is 5.75 Å². The van der Waals surface area contributed by atoms with Crippen LogP contribution < -0.4 is 4.74 Å². The Bertz CT molecular complexity index is 1150. The van der Waals surface area contributed by atoms with Gasteiger partial charge in [-0.05, 0) is 32.0 Å². The highest BCUT2D eigenvalue weighted by molar-refractivity contribution is 7.99. The summed E-state index contributed by atoms with van der Waals surface area (Å²) >= 11 is 2.98. The number of ether oxygens (including phenoxy) is 1. The van der Waals surface area contributed by atoms with E-state index in [1.165, 1.54) is 11.8 Å². The van der Waals surface area contributed by atoms with E-state index in [-0.39, 0.29) is 5.78 Å². The molecule has 0 spiro atoms. The van der Waals surface area contributed by atoms with Crippen LogP contribution in [0.1, 0.15) is 21.7 Å². The predicted octanol–water partition coefficient (Wildman–Crippen LogP) is 4.72. The number of ketones is 1. The van der Waals surface area contributed by atoms with E-state index in [2.05, 4.69) is 9.97 Å². The smallest absolute Gasteiger partial charge is 0.193 e. The van der Waals surface area contributed by atoms with Crippen LogP contribution in [0.3, 0.4) is 0 Å². The lowest BCUT2D eigenvalue weighted by molar-refractivity contribution is 0.102. The number of thioether (sulfide) groups is 1. The highest BCUT2D eigenvalue weighted by atomic mass is 32.2. The quantitative estimate of drug-likeness (QED) is 0.317. The van der Waals surface area contributed by atoms with E-state index < -0.39 is 0 Å². The van der Waals surface area contributed by atoms with Gasteiger partial charge >= 0.3 is 0 Å². The molecule has 8 heteroatoms. The number of aromatic nitrogens is 4. The number of hydrogen-bond donors (Lipinski definition) is 0. The van der Waals surface area contributed by atoms with Crippen LogP contribution in [-0.4, -0.2) is 37.7 Å². The van der Waals surface area contributed by atoms with Gasteiger partial charge in [0.05, 0.1) is 18.6 Å². The molecule has 29 heavy (non-hydrogen) atoms. The van der Waals surface area contributed by atoms with Gasteiger partial charge in [0.1, 0.15) is 5.75 Å². The van der Waals surface area contributed by atoms with Crippen LogP contribution in [0, 0.1) is 13.8 Å². The minimum Gasteiger partial charge on any atom is -0.497 e. The van der Waals surface area contributed by atoms with E-state index in [1.54, 1.807) is 30.8 Å². The zero-order chi connectivity index (χ0) is 20.4. The van der Waals surface area contributed by atoms with Gasteiger partial charge < -0.3 is 4.74 Å². The molecule has 1 aromatic carbocycles. The summed E-state index contributed by atoms with van der Waals surface area (Å²) in [6.45, 7) is 3.96. The highest BCUT2D eigenvalue weighted by Gasteiger charge is 2.19. The molecule has 4 rings (SSSR count). The molecule has 0 aliphatic rings. The Hall–Kier alpha value is -2.84. The summed E-state index contributed by atoms with van der Waals surface area (Å²) in [4.78, 5) is 21.7. The number of hydrogen-bond acceptors (Lipinski definition) is 6. The van der Waals surface area contributed by atoms with E-state index in [0.717, 1.165) is 38.7 Å². The molecule has 0 amide bonds. The number of nitrogens with zero attached hydrogens (tertiary/aromatic N) is 4. The van der Waals surface area contributed by atoms with Gasteiger partial charge in [0, 0.05) is 47.0 Å². The van der Waals surface area contributed by atoms with E-state index in [4.69, 9.17) is 4.74 Å². The van der Waals surface area contributed by atoms with Crippen LogP contribution >= 0.6 is 23.1 Å². The first kappa shape index (κ1) is 19.5. The Labute approximate surface area is 177 Å². The molecule has 4 aromatic rings. The number of rotatable bonds is 7. The van der Waals surface area contributed by atoms with E-state index in [9.17, 15) is 4.79 Å². The van der Waals surface area contributed by atoms with Crippen molar-refractivity contribution in [3.8, 4) is 16.6 Å². The monoisotopic (exact) mass is 424 g/mol. The van der Waals surface area contributed by atoms with Gasteiger partial charge in [-0.1, -0.05) is 17.8 Å². The normalized spacial score (nSPS) is 11.0. The Morgan fingerprint density at radius 2 is 2.07 bits per heavy atom. The highest BCUT2D eigenvalue weighted by Crippen LogP contribution is 2.26. The summed E-state index contributed by atoms with van der Waals surface area (Å²) in [7, 11) is 1.64. The van der Waals surface area contributed by atoms with Crippen LogP contribution in [0.15, 0.2) is 59.5 Å². The van der Waals surface area contributed by atoms with Gasteiger partial charge in [0.25, 0.3) is 0 Å². The minimum absolute atomic E-state index is 0.0751. The second kappa shape index (κ2) is 8.26. The SMILES string of the molecule is COc1cccc(-n2ccnc2SCC(=O)c2cc(C)n(-c3nccs3)c2C)c1. The van der Waals surface area contributed by atoms with Crippen molar-refractivity contribution in [1.82, 2.24) is 19.1 Å². The third-order valence-corrected chi connectivity index (χ3v) is 6.34. The fourth-order valence-corrected chi connectivity index (χ4v) is 4.83. The van der Waals surface area contributed by atoms with Gasteiger partial charge in [-0.25, -0.2) is 9.97 Å². The van der Waals surface area contributed by atoms with Gasteiger partial charge in [0.2, 0.25) is 0 Å². The number of methoxy groups -OCH3 is 1. The molecule has 0 radical (unpaired) electrons. The van der Waals surface area contributed by atoms with Gasteiger partial charge in [0.15, 0.2) is 16.1 Å². The molecule has 3 heterocycles. The van der Waals surface area contributed by atoms with E-state index >= 15 is 0 Å². The Morgan fingerprint density at radius 1 is 1.21 bits per heavy atom. The van der Waals surface area contributed by atoms with Crippen molar-refractivity contribution in [2.45, 2.75) is 19.0 Å². The first-order chi connectivity index (χ1) is 14.1. The summed E-state index contributed by atoms with van der Waals surface area (Å²) in [6.07, 6.45) is 5.39. The van der Waals surface area contributed by atoms with Crippen molar-refractivity contribution in [3.63, 3.8) is 0 Å². The molecule has 0 saturated carbocycles. The van der Waals surface area contributed by atoms with Crippen LogP contribution in [0.2, 0.25) is 0 Å². The molecule has 0 aliphatic heterocycles. The topological polar surface area (TPSA) is 61.9 Å². The van der Waals surface area contributed by atoms with Crippen molar-refractivity contribution in [2.75, 3.05) is 12.9 Å². The summed E-state index contributed by atoms with van der Waals surface area (Å²) in [6, 6.07) is 9.69. The van der Waals surface area contributed by atoms with Crippen LogP contribution in [0.5, 0.6) is 5.75 Å². The second-order valence-corrected chi connectivity index (χ2v) is 8.24. The lowest BCUT2D eigenvalue weighted by Crippen LogP contribution is -2.06. The maximum absolute atomic E-state index is 12.9. The third-order valence-electron chi connectivity index (χ3n) is 4.61. The standard InChI is InChI=1S/C21H20N4O2S2/c1-14-11-18(15(2)25(14)21-23-8-10-28-21)19(26)13-29-20-22-7-9-24(20)16-5-4-6-17(12-16)27-3/h4-12H,13H2,1-3H3. The number of thiazole rings is 1. The molecule has 0 atom stereocenters. The summed E-state index contributed by atoms with van der Waals surface area (Å²) < 4.78 is 9.29. The number of aryl methyl sites for hydroxylation is 1. The molecular formula is C21H20N4O2S2. The van der Waals surface area contributed by atoms with E-state index in [1.807, 2.05) is 64.9 Å². The lowest BCUT2D eigenvalue weighted by Gasteiger charge is -2.09. The Morgan fingerprint density at radius 3 is 2.83 bits per heavy atom. The average Bonchev–Trinajstić information content (AvgIpc) is 3.47. The van der Waals surface area contributed by atoms with Gasteiger partial charge in [-0.3, -0.25) is 13.9 Å². The minimum atomic E-state index is 0.0751. The number of Topliss-reactive ketones (excluding diaryl/α,β-unsaturated/α-hetero) is 1. The van der Waals surface area contributed by atoms with Gasteiger partial charge in [-0.15, -0.1) is 11.3 Å². The number of benzene rings is 1. The Kier molecular flexibility index (Phi) is 5.55. The molecule has 0 bridgehead atoms. The van der Waals surface area contributed by atoms with Crippen molar-refractivity contribution in [3.05, 3.63) is 71.3 Å². The Balaban J connectivity index is 1.53. The van der Waals surface area contributed by atoms with Crippen molar-refractivity contribution in [2.24, 2.45) is 0 Å². The maximum Gasteiger partial charge on any atom is 0.193 e. The first-order valence-electron chi connectivity index (χ1n) is 9.01. The molecular weight excluding hydrogens is 404 g/mol. The first-order valence-corrected chi connectivity index (χ1v) is 10.9. The molecule has 0 saturated heterocycles. The van der Waals surface area contributed by atoms with Crippen molar-refractivity contribution in [1.29, 1.82) is 0 Å². The molecule has 0 aliphatic carbocycles. The van der Waals surface area contributed by atoms with Crippen molar-refractivity contribution >= 4 is 28.9 Å². The lowest BCUT2D eigenvalue weighted by atomic mass is 10.2. The van der Waals surface area contributed by atoms with Gasteiger partial charge in [-0.2, -0.15) is 0 Å². The predicted molar refractivity (Wildman–Crippen MR) is 116 cm³/mol. The molecule has 0 unspecified atom stereocenters. The molecule has 0 fully saturated rings. The summed E-state index contributed by atoms with van der Waals surface area (Å²) in [5, 5.41) is 3.57. The van der Waals surface area contributed by atoms with Crippen molar-refractivity contribution < 1.29 is 9.53 Å². The number of carbonyl (C=O) groups excluding carboxylic acids is 1.